The Hall–Kier alpha value is -3.57. The monoisotopic (exact) mass is 524 g/mol. The van der Waals surface area contributed by atoms with Crippen molar-refractivity contribution < 1.29 is 29.1 Å². The van der Waals surface area contributed by atoms with E-state index in [4.69, 9.17) is 10.6 Å². The van der Waals surface area contributed by atoms with E-state index in [1.54, 1.807) is 0 Å². The summed E-state index contributed by atoms with van der Waals surface area (Å²) in [5.41, 5.74) is 5.67. The number of nitrogens with two attached hydrogens (primary N) is 1. The first-order chi connectivity index (χ1) is 16.2. The summed E-state index contributed by atoms with van der Waals surface area (Å²) in [5, 5.41) is 27.9. The van der Waals surface area contributed by atoms with Crippen molar-refractivity contribution in [1.29, 1.82) is 0 Å². The van der Waals surface area contributed by atoms with Gasteiger partial charge in [-0.2, -0.15) is 0 Å². The van der Waals surface area contributed by atoms with Crippen LogP contribution in [0.15, 0.2) is 16.2 Å². The second kappa shape index (κ2) is 9.35. The summed E-state index contributed by atoms with van der Waals surface area (Å²) in [6.45, 7) is 1.31. The first kappa shape index (κ1) is 23.6. The SMILES string of the molecule is CO/N=C(\C(=O)NC1C(=O)N2C(C(=O)O)=C(c3nnc(NC(C)=O)s3)CS[C@H]12)c1csc(N)n1. The van der Waals surface area contributed by atoms with Crippen molar-refractivity contribution >= 4 is 79.7 Å². The number of oxime groups is 1. The molecule has 34 heavy (non-hydrogen) atoms. The zero-order chi connectivity index (χ0) is 24.6. The van der Waals surface area contributed by atoms with Gasteiger partial charge in [0.15, 0.2) is 10.8 Å². The third-order valence-corrected chi connectivity index (χ3v) is 7.44. The standard InChI is InChI=1S/C17H16N8O6S3/c1-5(26)19-17-23-22-12(34-17)6-3-32-14-9(13(28)25(14)10(6)15(29)30)21-11(27)8(24-31-2)7-4-33-16(18)20-7/h4,9,14H,3H2,1-2H3,(H2,18,20)(H,21,27)(H,29,30)(H,19,23,26)/b24-8-/t9?,14-/m1/s1. The van der Waals surface area contributed by atoms with E-state index in [2.05, 4.69) is 31.0 Å². The Morgan fingerprint density at radius 2 is 2.12 bits per heavy atom. The largest absolute Gasteiger partial charge is 0.477 e. The van der Waals surface area contributed by atoms with Crippen LogP contribution in [0, 0.1) is 0 Å². The lowest BCUT2D eigenvalue weighted by Gasteiger charge is -2.49. The highest BCUT2D eigenvalue weighted by Gasteiger charge is 2.55. The Kier molecular flexibility index (Phi) is 6.49. The van der Waals surface area contributed by atoms with Gasteiger partial charge < -0.3 is 26.3 Å². The Bertz CT molecular complexity index is 1250. The highest BCUT2D eigenvalue weighted by Crippen LogP contribution is 2.44. The molecular weight excluding hydrogens is 508 g/mol. The second-order valence-corrected chi connectivity index (χ2v) is 9.75. The molecule has 0 spiro atoms. The lowest BCUT2D eigenvalue weighted by atomic mass is 10.0. The minimum atomic E-state index is -1.32. The van der Waals surface area contributed by atoms with E-state index < -0.39 is 29.2 Å². The number of anilines is 2. The van der Waals surface area contributed by atoms with Gasteiger partial charge in [0, 0.05) is 23.6 Å². The van der Waals surface area contributed by atoms with E-state index in [0.717, 1.165) is 27.6 Å². The molecule has 3 amide bonds. The molecule has 2 aromatic rings. The van der Waals surface area contributed by atoms with Gasteiger partial charge in [0.1, 0.15) is 34.9 Å². The number of β-lactam (4-membered cyclic amide) rings is 1. The molecule has 14 nitrogen and oxygen atoms in total. The summed E-state index contributed by atoms with van der Waals surface area (Å²) < 4.78 is 0. The number of rotatable bonds is 7. The summed E-state index contributed by atoms with van der Waals surface area (Å²) in [6, 6.07) is -0.990. The molecule has 5 N–H and O–H groups in total. The normalized spacial score (nSPS) is 19.9. The van der Waals surface area contributed by atoms with Crippen LogP contribution in [0.4, 0.5) is 10.3 Å². The minimum Gasteiger partial charge on any atom is -0.477 e. The van der Waals surface area contributed by atoms with Gasteiger partial charge in [0.2, 0.25) is 11.0 Å². The van der Waals surface area contributed by atoms with E-state index in [1.807, 2.05) is 0 Å². The van der Waals surface area contributed by atoms with E-state index >= 15 is 0 Å². The lowest BCUT2D eigenvalue weighted by molar-refractivity contribution is -0.149. The molecule has 1 saturated heterocycles. The van der Waals surface area contributed by atoms with E-state index in [9.17, 15) is 24.3 Å². The van der Waals surface area contributed by atoms with E-state index in [0.29, 0.717) is 5.57 Å². The molecule has 0 saturated carbocycles. The summed E-state index contributed by atoms with van der Waals surface area (Å²) in [5.74, 6) is -2.81. The number of amides is 3. The second-order valence-electron chi connectivity index (χ2n) is 6.78. The van der Waals surface area contributed by atoms with Crippen LogP contribution in [0.1, 0.15) is 17.6 Å². The van der Waals surface area contributed by atoms with Gasteiger partial charge >= 0.3 is 5.97 Å². The number of thioether (sulfide) groups is 1. The summed E-state index contributed by atoms with van der Waals surface area (Å²) in [4.78, 5) is 58.8. The number of nitrogens with one attached hydrogen (secondary N) is 2. The zero-order valence-electron chi connectivity index (χ0n) is 17.5. The fraction of sp³-hybridized carbons (Fsp3) is 0.294. The first-order valence-corrected chi connectivity index (χ1v) is 12.1. The third-order valence-electron chi connectivity index (χ3n) is 4.59. The number of thiazole rings is 1. The highest BCUT2D eigenvalue weighted by molar-refractivity contribution is 8.00. The number of carbonyl (C=O) groups excluding carboxylic acids is 3. The molecular formula is C17H16N8O6S3. The van der Waals surface area contributed by atoms with Gasteiger partial charge in [-0.05, 0) is 0 Å². The Labute approximate surface area is 203 Å². The molecule has 0 radical (unpaired) electrons. The van der Waals surface area contributed by atoms with Crippen molar-refractivity contribution in [3.05, 3.63) is 21.8 Å². The number of aromatic nitrogens is 3. The van der Waals surface area contributed by atoms with Gasteiger partial charge in [0.25, 0.3) is 11.8 Å². The van der Waals surface area contributed by atoms with Crippen LogP contribution >= 0.6 is 34.4 Å². The molecule has 4 heterocycles. The molecule has 2 aliphatic rings. The number of carboxylic acids is 1. The molecule has 4 rings (SSSR count). The number of carbonyl (C=O) groups is 4. The molecule has 2 aliphatic heterocycles. The maximum absolute atomic E-state index is 12.9. The summed E-state index contributed by atoms with van der Waals surface area (Å²) in [6.07, 6.45) is 0. The number of hydrogen-bond donors (Lipinski definition) is 4. The Balaban J connectivity index is 1.56. The third kappa shape index (κ3) is 4.31. The van der Waals surface area contributed by atoms with Gasteiger partial charge in [-0.1, -0.05) is 16.5 Å². The van der Waals surface area contributed by atoms with E-state index in [-0.39, 0.29) is 44.0 Å². The lowest BCUT2D eigenvalue weighted by Crippen LogP contribution is -2.71. The summed E-state index contributed by atoms with van der Waals surface area (Å²) >= 11 is 3.36. The average molecular weight is 525 g/mol. The number of aliphatic carboxylic acids is 1. The predicted octanol–water partition coefficient (Wildman–Crippen LogP) is -0.218. The first-order valence-electron chi connectivity index (χ1n) is 9.37. The quantitative estimate of drug-likeness (QED) is 0.212. The highest BCUT2D eigenvalue weighted by atomic mass is 32.2. The summed E-state index contributed by atoms with van der Waals surface area (Å²) in [7, 11) is 1.26. The van der Waals surface area contributed by atoms with Crippen molar-refractivity contribution in [2.24, 2.45) is 5.16 Å². The number of nitrogens with zero attached hydrogens (tertiary/aromatic N) is 5. The molecule has 1 fully saturated rings. The smallest absolute Gasteiger partial charge is 0.353 e. The molecule has 1 unspecified atom stereocenters. The molecule has 178 valence electrons. The van der Waals surface area contributed by atoms with Crippen molar-refractivity contribution in [3.63, 3.8) is 0 Å². The van der Waals surface area contributed by atoms with Gasteiger partial charge in [-0.15, -0.1) is 33.3 Å². The Morgan fingerprint density at radius 3 is 2.74 bits per heavy atom. The van der Waals surface area contributed by atoms with Crippen LogP contribution in [-0.4, -0.2) is 78.9 Å². The molecule has 0 aromatic carbocycles. The molecule has 17 heteroatoms. The van der Waals surface area contributed by atoms with Crippen LogP contribution in [0.5, 0.6) is 0 Å². The number of hydrogen-bond acceptors (Lipinski definition) is 13. The maximum atomic E-state index is 12.9. The zero-order valence-corrected chi connectivity index (χ0v) is 19.9. The van der Waals surface area contributed by atoms with Crippen molar-refractivity contribution in [1.82, 2.24) is 25.4 Å². The predicted molar refractivity (Wildman–Crippen MR) is 124 cm³/mol. The van der Waals surface area contributed by atoms with Gasteiger partial charge in [-0.25, -0.2) is 9.78 Å². The van der Waals surface area contributed by atoms with Crippen molar-refractivity contribution in [2.75, 3.05) is 23.9 Å². The van der Waals surface area contributed by atoms with Crippen molar-refractivity contribution in [3.8, 4) is 0 Å². The van der Waals surface area contributed by atoms with Crippen molar-refractivity contribution in [2.45, 2.75) is 18.3 Å². The van der Waals surface area contributed by atoms with Crippen LogP contribution < -0.4 is 16.4 Å². The number of fused-ring (bicyclic) bond motifs is 1. The fourth-order valence-corrected chi connectivity index (χ4v) is 6.05. The average Bonchev–Trinajstić information content (AvgIpc) is 3.42. The molecule has 2 aromatic heterocycles. The maximum Gasteiger partial charge on any atom is 0.353 e. The van der Waals surface area contributed by atoms with Gasteiger partial charge in [0.05, 0.1) is 0 Å². The minimum absolute atomic E-state index is 0.170. The Morgan fingerprint density at radius 1 is 1.35 bits per heavy atom. The number of nitrogen functional groups attached to an aromatic ring is 1. The molecule has 2 atom stereocenters. The molecule has 0 aliphatic carbocycles. The van der Waals surface area contributed by atoms with Gasteiger partial charge in [-0.3, -0.25) is 19.3 Å². The van der Waals surface area contributed by atoms with Crippen LogP contribution in [0.2, 0.25) is 0 Å². The van der Waals surface area contributed by atoms with E-state index in [1.165, 1.54) is 31.2 Å². The number of carboxylic acid groups (broad SMARTS) is 1. The fourth-order valence-electron chi connectivity index (χ4n) is 3.23. The molecule has 0 bridgehead atoms. The van der Waals surface area contributed by atoms with Crippen LogP contribution in [-0.2, 0) is 24.0 Å². The van der Waals surface area contributed by atoms with Crippen LogP contribution in [0.3, 0.4) is 0 Å². The topological polar surface area (TPSA) is 202 Å². The van der Waals surface area contributed by atoms with Crippen LogP contribution in [0.25, 0.3) is 5.57 Å².